The third-order valence-corrected chi connectivity index (χ3v) is 4.05. The fourth-order valence-corrected chi connectivity index (χ4v) is 2.47. The number of carboxylic acid groups (broad SMARTS) is 1. The van der Waals surface area contributed by atoms with Crippen LogP contribution in [0.4, 0.5) is 0 Å². The van der Waals surface area contributed by atoms with E-state index < -0.39 is 11.5 Å². The summed E-state index contributed by atoms with van der Waals surface area (Å²) in [6.45, 7) is 5.78. The van der Waals surface area contributed by atoms with E-state index >= 15 is 0 Å². The molecule has 0 radical (unpaired) electrons. The standard InChI is InChI=1S/C16H23NO3S/c1-4-21-11-12-5-7-13(8-6-12)15(20)17-16(2,3)10-9-14(18)19/h5-8H,4,9-11H2,1-3H3,(H,17,20)(H,18,19). The molecule has 0 saturated heterocycles. The Hall–Kier alpha value is -1.49. The van der Waals surface area contributed by atoms with E-state index in [1.807, 2.05) is 49.9 Å². The molecule has 2 N–H and O–H groups in total. The molecule has 116 valence electrons. The second-order valence-electron chi connectivity index (χ2n) is 5.57. The van der Waals surface area contributed by atoms with Crippen LogP contribution in [0.25, 0.3) is 0 Å². The molecule has 0 aliphatic heterocycles. The van der Waals surface area contributed by atoms with Gasteiger partial charge in [0.25, 0.3) is 5.91 Å². The highest BCUT2D eigenvalue weighted by atomic mass is 32.2. The normalized spacial score (nSPS) is 11.2. The molecule has 0 fully saturated rings. The van der Waals surface area contributed by atoms with Crippen LogP contribution < -0.4 is 5.32 Å². The molecule has 0 unspecified atom stereocenters. The number of hydrogen-bond acceptors (Lipinski definition) is 3. The highest BCUT2D eigenvalue weighted by molar-refractivity contribution is 7.98. The summed E-state index contributed by atoms with van der Waals surface area (Å²) < 4.78 is 0. The summed E-state index contributed by atoms with van der Waals surface area (Å²) in [7, 11) is 0. The van der Waals surface area contributed by atoms with Gasteiger partial charge in [-0.1, -0.05) is 19.1 Å². The summed E-state index contributed by atoms with van der Waals surface area (Å²) in [5.74, 6) is 0.998. The van der Waals surface area contributed by atoms with Gasteiger partial charge in [0, 0.05) is 23.3 Å². The Morgan fingerprint density at radius 1 is 1.24 bits per heavy atom. The van der Waals surface area contributed by atoms with E-state index in [0.29, 0.717) is 12.0 Å². The largest absolute Gasteiger partial charge is 0.481 e. The van der Waals surface area contributed by atoms with Crippen LogP contribution in [0.2, 0.25) is 0 Å². The molecular formula is C16H23NO3S. The second kappa shape index (κ2) is 8.08. The zero-order valence-corrected chi connectivity index (χ0v) is 13.6. The molecule has 4 nitrogen and oxygen atoms in total. The number of carbonyl (C=O) groups is 2. The highest BCUT2D eigenvalue weighted by Gasteiger charge is 2.22. The molecule has 0 bridgehead atoms. The summed E-state index contributed by atoms with van der Waals surface area (Å²) in [4.78, 5) is 22.8. The van der Waals surface area contributed by atoms with Gasteiger partial charge in [0.15, 0.2) is 0 Å². The number of thioether (sulfide) groups is 1. The maximum absolute atomic E-state index is 12.2. The number of benzene rings is 1. The van der Waals surface area contributed by atoms with Crippen LogP contribution in [-0.2, 0) is 10.5 Å². The topological polar surface area (TPSA) is 66.4 Å². The monoisotopic (exact) mass is 309 g/mol. The van der Waals surface area contributed by atoms with E-state index in [4.69, 9.17) is 5.11 Å². The predicted octanol–water partition coefficient (Wildman–Crippen LogP) is 3.31. The van der Waals surface area contributed by atoms with Crippen molar-refractivity contribution in [2.45, 2.75) is 44.9 Å². The van der Waals surface area contributed by atoms with Crippen LogP contribution in [0.15, 0.2) is 24.3 Å². The predicted molar refractivity (Wildman–Crippen MR) is 86.7 cm³/mol. The van der Waals surface area contributed by atoms with E-state index in [-0.39, 0.29) is 12.3 Å². The van der Waals surface area contributed by atoms with Gasteiger partial charge in [-0.3, -0.25) is 9.59 Å². The van der Waals surface area contributed by atoms with Gasteiger partial charge in [-0.05, 0) is 43.7 Å². The fourth-order valence-electron chi connectivity index (χ4n) is 1.83. The molecule has 0 aliphatic carbocycles. The van der Waals surface area contributed by atoms with Gasteiger partial charge in [-0.15, -0.1) is 0 Å². The Kier molecular flexibility index (Phi) is 6.75. The third-order valence-electron chi connectivity index (χ3n) is 3.10. The number of carboxylic acids is 1. The van der Waals surface area contributed by atoms with Gasteiger partial charge in [0.2, 0.25) is 0 Å². The van der Waals surface area contributed by atoms with Gasteiger partial charge in [0.05, 0.1) is 0 Å². The highest BCUT2D eigenvalue weighted by Crippen LogP contribution is 2.15. The molecule has 1 rings (SSSR count). The SMILES string of the molecule is CCSCc1ccc(C(=O)NC(C)(C)CCC(=O)O)cc1. The van der Waals surface area contributed by atoms with Gasteiger partial charge >= 0.3 is 5.97 Å². The lowest BCUT2D eigenvalue weighted by Crippen LogP contribution is -2.43. The first-order valence-corrected chi connectivity index (χ1v) is 8.20. The Morgan fingerprint density at radius 3 is 2.38 bits per heavy atom. The minimum absolute atomic E-state index is 0.0421. The van der Waals surface area contributed by atoms with Crippen molar-refractivity contribution < 1.29 is 14.7 Å². The molecule has 0 spiro atoms. The quantitative estimate of drug-likeness (QED) is 0.773. The van der Waals surface area contributed by atoms with Gasteiger partial charge in [0.1, 0.15) is 0 Å². The van der Waals surface area contributed by atoms with E-state index in [1.54, 1.807) is 0 Å². The number of aliphatic carboxylic acids is 1. The Labute approximate surface area is 130 Å². The lowest BCUT2D eigenvalue weighted by molar-refractivity contribution is -0.137. The first-order valence-electron chi connectivity index (χ1n) is 7.05. The molecule has 1 amide bonds. The smallest absolute Gasteiger partial charge is 0.303 e. The number of carbonyl (C=O) groups excluding carboxylic acids is 1. The third kappa shape index (κ3) is 6.67. The Bertz CT molecular complexity index is 483. The zero-order valence-electron chi connectivity index (χ0n) is 12.8. The average Bonchev–Trinajstić information content (AvgIpc) is 2.43. The molecule has 0 heterocycles. The van der Waals surface area contributed by atoms with Crippen LogP contribution in [-0.4, -0.2) is 28.3 Å². The molecule has 1 aromatic carbocycles. The number of amides is 1. The van der Waals surface area contributed by atoms with Gasteiger partial charge in [-0.25, -0.2) is 0 Å². The zero-order chi connectivity index (χ0) is 15.9. The van der Waals surface area contributed by atoms with Gasteiger partial charge < -0.3 is 10.4 Å². The maximum atomic E-state index is 12.2. The van der Waals surface area contributed by atoms with E-state index in [0.717, 1.165) is 11.5 Å². The minimum atomic E-state index is -0.852. The van der Waals surface area contributed by atoms with Crippen molar-refractivity contribution in [2.75, 3.05) is 5.75 Å². The first kappa shape index (κ1) is 17.6. The van der Waals surface area contributed by atoms with Crippen LogP contribution in [0.1, 0.15) is 49.5 Å². The summed E-state index contributed by atoms with van der Waals surface area (Å²) in [5.41, 5.74) is 1.26. The maximum Gasteiger partial charge on any atom is 0.303 e. The van der Waals surface area contributed by atoms with E-state index in [1.165, 1.54) is 5.56 Å². The summed E-state index contributed by atoms with van der Waals surface area (Å²) >= 11 is 1.84. The summed E-state index contributed by atoms with van der Waals surface area (Å²) in [6.07, 6.45) is 0.444. The van der Waals surface area contributed by atoms with E-state index in [9.17, 15) is 9.59 Å². The van der Waals surface area contributed by atoms with Crippen molar-refractivity contribution in [1.82, 2.24) is 5.32 Å². The number of hydrogen-bond donors (Lipinski definition) is 2. The Balaban J connectivity index is 2.60. The second-order valence-corrected chi connectivity index (χ2v) is 6.84. The molecule has 1 aromatic rings. The molecule has 0 atom stereocenters. The summed E-state index contributed by atoms with van der Waals surface area (Å²) in [6, 6.07) is 7.55. The van der Waals surface area contributed by atoms with E-state index in [2.05, 4.69) is 12.2 Å². The molecule has 0 saturated carbocycles. The lowest BCUT2D eigenvalue weighted by Gasteiger charge is -2.25. The van der Waals surface area contributed by atoms with Gasteiger partial charge in [-0.2, -0.15) is 11.8 Å². The van der Waals surface area contributed by atoms with Crippen molar-refractivity contribution >= 4 is 23.6 Å². The van der Waals surface area contributed by atoms with Crippen LogP contribution >= 0.6 is 11.8 Å². The Morgan fingerprint density at radius 2 is 1.86 bits per heavy atom. The van der Waals surface area contributed by atoms with Crippen LogP contribution in [0, 0.1) is 0 Å². The minimum Gasteiger partial charge on any atom is -0.481 e. The molecule has 0 aromatic heterocycles. The van der Waals surface area contributed by atoms with Crippen molar-refractivity contribution in [3.05, 3.63) is 35.4 Å². The van der Waals surface area contributed by atoms with Crippen LogP contribution in [0.3, 0.4) is 0 Å². The summed E-state index contributed by atoms with van der Waals surface area (Å²) in [5, 5.41) is 11.6. The average molecular weight is 309 g/mol. The number of nitrogens with one attached hydrogen (secondary N) is 1. The molecule has 21 heavy (non-hydrogen) atoms. The molecule has 0 aliphatic rings. The first-order chi connectivity index (χ1) is 9.84. The fraction of sp³-hybridized carbons (Fsp3) is 0.500. The van der Waals surface area contributed by atoms with Crippen molar-refractivity contribution in [3.8, 4) is 0 Å². The lowest BCUT2D eigenvalue weighted by atomic mass is 9.97. The molecular weight excluding hydrogens is 286 g/mol. The van der Waals surface area contributed by atoms with Crippen molar-refractivity contribution in [2.24, 2.45) is 0 Å². The number of rotatable bonds is 8. The molecule has 5 heteroatoms. The van der Waals surface area contributed by atoms with Crippen molar-refractivity contribution in [1.29, 1.82) is 0 Å². The van der Waals surface area contributed by atoms with Crippen LogP contribution in [0.5, 0.6) is 0 Å². The van der Waals surface area contributed by atoms with Crippen molar-refractivity contribution in [3.63, 3.8) is 0 Å².